The van der Waals surface area contributed by atoms with Gasteiger partial charge in [-0.3, -0.25) is 19.5 Å². The van der Waals surface area contributed by atoms with E-state index in [4.69, 9.17) is 4.74 Å². The molecule has 30 heavy (non-hydrogen) atoms. The summed E-state index contributed by atoms with van der Waals surface area (Å²) in [7, 11) is 1.58. The number of H-pyrrole nitrogens is 1. The lowest BCUT2D eigenvalue weighted by atomic mass is 10.0. The van der Waals surface area contributed by atoms with Crippen LogP contribution in [0.25, 0.3) is 11.0 Å². The van der Waals surface area contributed by atoms with Gasteiger partial charge in [0.2, 0.25) is 0 Å². The van der Waals surface area contributed by atoms with Gasteiger partial charge in [0.1, 0.15) is 11.4 Å². The smallest absolute Gasteiger partial charge is 0.269 e. The van der Waals surface area contributed by atoms with E-state index in [1.54, 1.807) is 25.4 Å². The van der Waals surface area contributed by atoms with E-state index in [2.05, 4.69) is 25.2 Å². The zero-order chi connectivity index (χ0) is 21.1. The summed E-state index contributed by atoms with van der Waals surface area (Å²) in [6.07, 6.45) is 4.15. The van der Waals surface area contributed by atoms with Crippen molar-refractivity contribution in [2.45, 2.75) is 19.9 Å². The number of carbonyl (C=O) groups is 1. The van der Waals surface area contributed by atoms with Gasteiger partial charge in [-0.05, 0) is 36.2 Å². The van der Waals surface area contributed by atoms with E-state index in [0.717, 1.165) is 41.8 Å². The minimum atomic E-state index is -0.214. The Morgan fingerprint density at radius 1 is 1.27 bits per heavy atom. The summed E-state index contributed by atoms with van der Waals surface area (Å²) in [5.41, 5.74) is 3.77. The molecule has 8 heteroatoms. The molecule has 8 nitrogen and oxygen atoms in total. The molecule has 1 amide bonds. The lowest BCUT2D eigenvalue weighted by Gasteiger charge is -2.39. The number of nitrogens with zero attached hydrogens (tertiary/aromatic N) is 3. The van der Waals surface area contributed by atoms with Gasteiger partial charge in [0.25, 0.3) is 11.5 Å². The van der Waals surface area contributed by atoms with E-state index in [1.807, 2.05) is 25.3 Å². The van der Waals surface area contributed by atoms with Crippen LogP contribution in [0.1, 0.15) is 28.5 Å². The molecule has 4 rings (SSSR count). The maximum absolute atomic E-state index is 12.0. The molecule has 0 spiro atoms. The van der Waals surface area contributed by atoms with E-state index in [9.17, 15) is 9.59 Å². The number of aryl methyl sites for hydroxylation is 1. The van der Waals surface area contributed by atoms with Crippen molar-refractivity contribution < 1.29 is 9.53 Å². The minimum absolute atomic E-state index is 0.0389. The lowest BCUT2D eigenvalue weighted by Crippen LogP contribution is -2.48. The van der Waals surface area contributed by atoms with E-state index in [0.29, 0.717) is 30.4 Å². The molecule has 1 saturated heterocycles. The zero-order valence-corrected chi connectivity index (χ0v) is 17.1. The molecule has 0 unspecified atom stereocenters. The summed E-state index contributed by atoms with van der Waals surface area (Å²) < 4.78 is 5.80. The van der Waals surface area contributed by atoms with E-state index < -0.39 is 0 Å². The maximum atomic E-state index is 12.0. The third-order valence-electron chi connectivity index (χ3n) is 5.33. The number of pyridine rings is 3. The topological polar surface area (TPSA) is 100 Å². The van der Waals surface area contributed by atoms with E-state index in [-0.39, 0.29) is 11.5 Å². The number of likely N-dealkylation sites (tertiary alicyclic amines) is 1. The van der Waals surface area contributed by atoms with Crippen molar-refractivity contribution in [2.24, 2.45) is 5.92 Å². The van der Waals surface area contributed by atoms with Crippen LogP contribution in [0.5, 0.6) is 5.75 Å². The Labute approximate surface area is 174 Å². The normalized spacial score (nSPS) is 14.5. The van der Waals surface area contributed by atoms with Crippen molar-refractivity contribution >= 4 is 16.9 Å². The van der Waals surface area contributed by atoms with E-state index in [1.165, 1.54) is 0 Å². The van der Waals surface area contributed by atoms with Gasteiger partial charge in [0.05, 0.1) is 23.8 Å². The SMILES string of the molecule is CCc1cc2ncc(CN3CC(COc4ccc(C(=O)NC)nc4)C3)cc2[nH]c1=O. The van der Waals surface area contributed by atoms with Crippen molar-refractivity contribution in [3.05, 3.63) is 63.8 Å². The van der Waals surface area contributed by atoms with Gasteiger partial charge in [-0.1, -0.05) is 6.92 Å². The Bertz CT molecular complexity index is 1100. The number of nitrogens with one attached hydrogen (secondary N) is 2. The second-order valence-corrected chi connectivity index (χ2v) is 7.58. The molecular weight excluding hydrogens is 382 g/mol. The third kappa shape index (κ3) is 4.33. The lowest BCUT2D eigenvalue weighted by molar-refractivity contribution is 0.0556. The molecule has 0 radical (unpaired) electrons. The summed E-state index contributed by atoms with van der Waals surface area (Å²) in [6.45, 7) is 5.24. The fraction of sp³-hybridized carbons (Fsp3) is 0.364. The van der Waals surface area contributed by atoms with Crippen LogP contribution < -0.4 is 15.6 Å². The second kappa shape index (κ2) is 8.62. The number of aromatic amines is 1. The molecule has 1 aliphatic heterocycles. The summed E-state index contributed by atoms with van der Waals surface area (Å²) in [5.74, 6) is 0.897. The number of amides is 1. The van der Waals surface area contributed by atoms with Gasteiger partial charge < -0.3 is 15.0 Å². The quantitative estimate of drug-likeness (QED) is 0.619. The molecule has 0 aromatic carbocycles. The van der Waals surface area contributed by atoms with Crippen molar-refractivity contribution in [3.8, 4) is 5.75 Å². The number of aromatic nitrogens is 3. The van der Waals surface area contributed by atoms with Gasteiger partial charge in [0.15, 0.2) is 0 Å². The molecule has 0 aliphatic carbocycles. The molecule has 1 aliphatic rings. The first-order chi connectivity index (χ1) is 14.6. The highest BCUT2D eigenvalue weighted by Crippen LogP contribution is 2.21. The molecule has 1 fully saturated rings. The fourth-order valence-corrected chi connectivity index (χ4v) is 3.63. The molecular formula is C22H25N5O3. The Hall–Kier alpha value is -3.26. The van der Waals surface area contributed by atoms with Gasteiger partial charge in [0, 0.05) is 44.4 Å². The minimum Gasteiger partial charge on any atom is -0.492 e. The molecule has 0 bridgehead atoms. The molecule has 0 atom stereocenters. The van der Waals surface area contributed by atoms with Crippen LogP contribution in [0.3, 0.4) is 0 Å². The Morgan fingerprint density at radius 2 is 2.10 bits per heavy atom. The predicted octanol–water partition coefficient (Wildman–Crippen LogP) is 1.75. The fourth-order valence-electron chi connectivity index (χ4n) is 3.63. The first-order valence-corrected chi connectivity index (χ1v) is 10.1. The first-order valence-electron chi connectivity index (χ1n) is 10.1. The summed E-state index contributed by atoms with van der Waals surface area (Å²) in [4.78, 5) is 37.4. The highest BCUT2D eigenvalue weighted by Gasteiger charge is 2.27. The van der Waals surface area contributed by atoms with Gasteiger partial charge in [-0.25, -0.2) is 4.98 Å². The summed E-state index contributed by atoms with van der Waals surface area (Å²) >= 11 is 0. The van der Waals surface area contributed by atoms with Crippen LogP contribution in [0.15, 0.2) is 41.5 Å². The van der Waals surface area contributed by atoms with Gasteiger partial charge in [-0.2, -0.15) is 0 Å². The monoisotopic (exact) mass is 407 g/mol. The van der Waals surface area contributed by atoms with Crippen molar-refractivity contribution in [3.63, 3.8) is 0 Å². The average Bonchev–Trinajstić information content (AvgIpc) is 2.74. The number of fused-ring (bicyclic) bond motifs is 1. The van der Waals surface area contributed by atoms with Crippen LogP contribution in [-0.4, -0.2) is 52.5 Å². The third-order valence-corrected chi connectivity index (χ3v) is 5.33. The summed E-state index contributed by atoms with van der Waals surface area (Å²) in [6, 6.07) is 7.29. The number of hydrogen-bond acceptors (Lipinski definition) is 6. The second-order valence-electron chi connectivity index (χ2n) is 7.58. The van der Waals surface area contributed by atoms with Crippen LogP contribution in [0.4, 0.5) is 0 Å². The average molecular weight is 407 g/mol. The molecule has 2 N–H and O–H groups in total. The van der Waals surface area contributed by atoms with Gasteiger partial charge >= 0.3 is 0 Å². The Kier molecular flexibility index (Phi) is 5.76. The predicted molar refractivity (Wildman–Crippen MR) is 114 cm³/mol. The molecule has 3 aromatic heterocycles. The van der Waals surface area contributed by atoms with Crippen LogP contribution >= 0.6 is 0 Å². The molecule has 156 valence electrons. The first kappa shape index (κ1) is 20.0. The van der Waals surface area contributed by atoms with E-state index >= 15 is 0 Å². The number of hydrogen-bond donors (Lipinski definition) is 2. The van der Waals surface area contributed by atoms with Crippen molar-refractivity contribution in [1.29, 1.82) is 0 Å². The Morgan fingerprint density at radius 3 is 2.80 bits per heavy atom. The van der Waals surface area contributed by atoms with Crippen LogP contribution in [0.2, 0.25) is 0 Å². The Balaban J connectivity index is 1.27. The standard InChI is InChI=1S/C22H25N5O3/c1-3-16-7-19-20(26-21(16)28)6-14(8-24-19)10-27-11-15(12-27)13-30-17-4-5-18(25-9-17)22(29)23-2/h4-9,15H,3,10-13H2,1-2H3,(H,23,29)(H,26,28). The van der Waals surface area contributed by atoms with Crippen LogP contribution in [-0.2, 0) is 13.0 Å². The van der Waals surface area contributed by atoms with Crippen molar-refractivity contribution in [1.82, 2.24) is 25.2 Å². The molecule has 0 saturated carbocycles. The number of rotatable bonds is 7. The highest BCUT2D eigenvalue weighted by atomic mass is 16.5. The largest absolute Gasteiger partial charge is 0.492 e. The van der Waals surface area contributed by atoms with Crippen molar-refractivity contribution in [2.75, 3.05) is 26.7 Å². The number of ether oxygens (including phenoxy) is 1. The number of carbonyl (C=O) groups excluding carboxylic acids is 1. The van der Waals surface area contributed by atoms with Gasteiger partial charge in [-0.15, -0.1) is 0 Å². The molecule has 3 aromatic rings. The zero-order valence-electron chi connectivity index (χ0n) is 17.1. The maximum Gasteiger partial charge on any atom is 0.269 e. The van der Waals surface area contributed by atoms with Crippen LogP contribution in [0, 0.1) is 5.92 Å². The summed E-state index contributed by atoms with van der Waals surface area (Å²) in [5, 5.41) is 2.54. The molecule has 4 heterocycles. The highest BCUT2D eigenvalue weighted by molar-refractivity contribution is 5.91.